The minimum absolute atomic E-state index is 0. The first-order chi connectivity index (χ1) is 0. The predicted octanol–water partition coefficient (Wildman–Crippen LogP) is -6.49. The Labute approximate surface area is 91.7 Å². The molecular formula is H16GaInO5Zn. The summed E-state index contributed by atoms with van der Waals surface area (Å²) in [5.41, 5.74) is 0. The predicted molar refractivity (Wildman–Crippen MR) is 37.9 cm³/mol. The molecule has 0 fully saturated rings. The van der Waals surface area contributed by atoms with Crippen molar-refractivity contribution in [2.75, 3.05) is 0 Å². The third kappa shape index (κ3) is 102. The monoisotopic (exact) mass is 344 g/mol. The molecule has 0 aliphatic carbocycles. The molecule has 8 heavy (non-hydrogen) atoms. The van der Waals surface area contributed by atoms with E-state index < -0.39 is 0 Å². The molecule has 0 saturated carbocycles. The van der Waals surface area contributed by atoms with Crippen molar-refractivity contribution in [3.8, 4) is 0 Å². The molecule has 0 bridgehead atoms. The van der Waals surface area contributed by atoms with Crippen LogP contribution in [-0.2, 0) is 19.5 Å². The molecule has 0 aromatic heterocycles. The first kappa shape index (κ1) is 213. The Bertz CT molecular complexity index is 12.4. The average Bonchev–Trinajstić information content (AvgIpc) is 0. The van der Waals surface area contributed by atoms with E-state index in [4.69, 9.17) is 0 Å². The van der Waals surface area contributed by atoms with E-state index in [9.17, 15) is 0 Å². The molecule has 0 radical (unpaired) electrons. The van der Waals surface area contributed by atoms with Crippen LogP contribution in [-0.4, -0.2) is 73.0 Å². The number of hydrogen-bond donors (Lipinski definition) is 0. The van der Waals surface area contributed by atoms with Crippen LogP contribution >= 0.6 is 0 Å². The number of rotatable bonds is 0. The van der Waals surface area contributed by atoms with Crippen molar-refractivity contribution in [3.05, 3.63) is 0 Å². The van der Waals surface area contributed by atoms with Crippen molar-refractivity contribution in [2.24, 2.45) is 0 Å². The van der Waals surface area contributed by atoms with Crippen LogP contribution in [0.15, 0.2) is 0 Å². The van der Waals surface area contributed by atoms with Gasteiger partial charge in [-0.25, -0.2) is 0 Å². The van der Waals surface area contributed by atoms with Gasteiger partial charge in [0, 0.05) is 19.5 Å². The van der Waals surface area contributed by atoms with Crippen molar-refractivity contribution in [1.29, 1.82) is 0 Å². The zero-order valence-corrected chi connectivity index (χ0v) is 6.17. The molecule has 0 aliphatic rings. The van der Waals surface area contributed by atoms with Crippen LogP contribution < -0.4 is 0 Å². The Morgan fingerprint density at radius 1 is 0.500 bits per heavy atom. The Balaban J connectivity index is 0. The van der Waals surface area contributed by atoms with Gasteiger partial charge in [-0.15, -0.1) is 0 Å². The van der Waals surface area contributed by atoms with Gasteiger partial charge >= 0.3 is 45.6 Å². The van der Waals surface area contributed by atoms with Crippen LogP contribution in [0.5, 0.6) is 0 Å². The minimum atomic E-state index is 0. The van der Waals surface area contributed by atoms with Gasteiger partial charge in [-0.3, -0.25) is 0 Å². The van der Waals surface area contributed by atoms with E-state index in [0.29, 0.717) is 0 Å². The second-order valence-electron chi connectivity index (χ2n) is 0. The molecule has 54 valence electrons. The minimum Gasteiger partial charge on any atom is 0 e. The maximum Gasteiger partial charge on any atom is 0 e. The Hall–Kier alpha value is 1.93. The zero-order chi connectivity index (χ0) is 0. The molecule has 0 spiro atoms. The summed E-state index contributed by atoms with van der Waals surface area (Å²) in [6.07, 6.45) is 0. The Kier molecular flexibility index (Phi) is 4010. The molecule has 0 aromatic rings. The van der Waals surface area contributed by atoms with Gasteiger partial charge in [0.1, 0.15) is 0 Å². The molecular weight excluding hydrogens is 330 g/mol. The van der Waals surface area contributed by atoms with Gasteiger partial charge < -0.3 is 27.4 Å². The maximum absolute atomic E-state index is 0. The summed E-state index contributed by atoms with van der Waals surface area (Å²) < 4.78 is 0. The summed E-state index contributed by atoms with van der Waals surface area (Å²) in [6.45, 7) is 0. The van der Waals surface area contributed by atoms with Gasteiger partial charge in [0.15, 0.2) is 0 Å². The number of hydrogen-bond acceptors (Lipinski definition) is 0. The van der Waals surface area contributed by atoms with Crippen LogP contribution in [0.3, 0.4) is 0 Å². The smallest absolute Gasteiger partial charge is 0 e. The second kappa shape index (κ2) is 151. The molecule has 8 heteroatoms. The van der Waals surface area contributed by atoms with E-state index in [1.165, 1.54) is 0 Å². The fourth-order valence-electron chi connectivity index (χ4n) is 0. The first-order valence-electron chi connectivity index (χ1n) is 0. The Morgan fingerprint density at radius 3 is 0.500 bits per heavy atom. The van der Waals surface area contributed by atoms with E-state index >= 15 is 0 Å². The molecule has 0 amide bonds. The van der Waals surface area contributed by atoms with E-state index in [-0.39, 0.29) is 92.5 Å². The van der Waals surface area contributed by atoms with E-state index in [2.05, 4.69) is 0 Å². The zero-order valence-electron chi connectivity index (χ0n) is 3.21. The van der Waals surface area contributed by atoms with E-state index in [1.807, 2.05) is 0 Å². The van der Waals surface area contributed by atoms with Crippen molar-refractivity contribution >= 4 is 45.6 Å². The second-order valence-corrected chi connectivity index (χ2v) is 0. The van der Waals surface area contributed by atoms with Crippen molar-refractivity contribution < 1.29 is 46.9 Å². The van der Waals surface area contributed by atoms with Gasteiger partial charge in [0.2, 0.25) is 0 Å². The van der Waals surface area contributed by atoms with Crippen LogP contribution in [0.25, 0.3) is 0 Å². The summed E-state index contributed by atoms with van der Waals surface area (Å²) in [7, 11) is 0. The topological polar surface area (TPSA) is 158 Å². The largest absolute Gasteiger partial charge is 0 e. The van der Waals surface area contributed by atoms with Gasteiger partial charge in [0.05, 0.1) is 0 Å². The van der Waals surface area contributed by atoms with E-state index in [1.54, 1.807) is 0 Å². The van der Waals surface area contributed by atoms with Gasteiger partial charge in [-0.2, -0.15) is 0 Å². The first-order valence-corrected chi connectivity index (χ1v) is 0. The fraction of sp³-hybridized carbons (Fsp3) is 0. The van der Waals surface area contributed by atoms with Crippen LogP contribution in [0.1, 0.15) is 0 Å². The van der Waals surface area contributed by atoms with Crippen molar-refractivity contribution in [1.82, 2.24) is 0 Å². The van der Waals surface area contributed by atoms with Crippen molar-refractivity contribution in [3.63, 3.8) is 0 Å². The summed E-state index contributed by atoms with van der Waals surface area (Å²) in [4.78, 5) is 0. The van der Waals surface area contributed by atoms with Gasteiger partial charge in [0.25, 0.3) is 0 Å². The standard InChI is InChI=1S/Ga.In.5H2O.Zn.6H/h;;5*1H2;;;;;;;. The molecule has 0 rings (SSSR count). The molecule has 0 unspecified atom stereocenters. The van der Waals surface area contributed by atoms with Crippen LogP contribution in [0.2, 0.25) is 0 Å². The molecule has 0 aliphatic heterocycles. The molecule has 10 N–H and O–H groups in total. The molecule has 0 heterocycles. The quantitative estimate of drug-likeness (QED) is 0.382. The summed E-state index contributed by atoms with van der Waals surface area (Å²) >= 11 is 0. The molecule has 0 aromatic carbocycles. The van der Waals surface area contributed by atoms with Gasteiger partial charge in [-0.05, 0) is 0 Å². The molecule has 0 saturated heterocycles. The van der Waals surface area contributed by atoms with E-state index in [0.717, 1.165) is 0 Å². The third-order valence-electron chi connectivity index (χ3n) is 0. The molecule has 5 nitrogen and oxygen atoms in total. The van der Waals surface area contributed by atoms with Crippen LogP contribution in [0, 0.1) is 0 Å². The van der Waals surface area contributed by atoms with Gasteiger partial charge in [-0.1, -0.05) is 0 Å². The van der Waals surface area contributed by atoms with Crippen LogP contribution in [0.4, 0.5) is 0 Å². The fourth-order valence-corrected chi connectivity index (χ4v) is 0. The summed E-state index contributed by atoms with van der Waals surface area (Å²) in [6, 6.07) is 0. The Morgan fingerprint density at radius 2 is 0.500 bits per heavy atom. The molecule has 0 atom stereocenters. The maximum atomic E-state index is 0. The van der Waals surface area contributed by atoms with Crippen molar-refractivity contribution in [2.45, 2.75) is 0 Å². The third-order valence-corrected chi connectivity index (χ3v) is 0. The average molecular weight is 346 g/mol. The summed E-state index contributed by atoms with van der Waals surface area (Å²) in [5, 5.41) is 0. The normalized spacial score (nSPS) is 0. The SMILES string of the molecule is O.O.O.O.O.[GaH3].[InH3].[Zn]. The summed E-state index contributed by atoms with van der Waals surface area (Å²) in [5.74, 6) is 0.